The van der Waals surface area contributed by atoms with Gasteiger partial charge in [-0.15, -0.1) is 0 Å². The van der Waals surface area contributed by atoms with Crippen LogP contribution in [0.3, 0.4) is 0 Å². The second kappa shape index (κ2) is 16.0. The maximum absolute atomic E-state index is 2.57. The molecule has 4 heteroatoms. The lowest BCUT2D eigenvalue weighted by Gasteiger charge is -2.27. The summed E-state index contributed by atoms with van der Waals surface area (Å²) >= 11 is 0. The lowest BCUT2D eigenvalue weighted by Crippen LogP contribution is -2.11. The molecule has 0 radical (unpaired) electrons. The van der Waals surface area contributed by atoms with Crippen LogP contribution in [0.5, 0.6) is 0 Å². The van der Waals surface area contributed by atoms with Gasteiger partial charge in [0.1, 0.15) is 0 Å². The smallest absolute Gasteiger partial charge is 0.0561 e. The quantitative estimate of drug-likeness (QED) is 0.135. The molecular weight excluding hydrogens is 777 g/mol. The molecule has 2 heterocycles. The van der Waals surface area contributed by atoms with E-state index in [2.05, 4.69) is 256 Å². The maximum atomic E-state index is 2.57. The lowest BCUT2D eigenvalue weighted by atomic mass is 10.0. The molecule has 0 saturated heterocycles. The first-order valence-electron chi connectivity index (χ1n) is 22.5. The first-order chi connectivity index (χ1) is 31.8. The van der Waals surface area contributed by atoms with Gasteiger partial charge in [0.05, 0.1) is 22.6 Å². The number of allylic oxidation sites excluding steroid dienone is 2. The second-order valence-electron chi connectivity index (χ2n) is 16.8. The Kier molecular flexibility index (Phi) is 9.41. The summed E-state index contributed by atoms with van der Waals surface area (Å²) in [5, 5.41) is 5.09. The summed E-state index contributed by atoms with van der Waals surface area (Å²) in [6.45, 7) is 0. The van der Waals surface area contributed by atoms with Gasteiger partial charge in [0.25, 0.3) is 0 Å². The van der Waals surface area contributed by atoms with Crippen LogP contribution in [-0.2, 0) is 0 Å². The van der Waals surface area contributed by atoms with Crippen molar-refractivity contribution in [3.63, 3.8) is 0 Å². The van der Waals surface area contributed by atoms with Crippen molar-refractivity contribution in [3.05, 3.63) is 237 Å². The fourth-order valence-corrected chi connectivity index (χ4v) is 10.1. The summed E-state index contributed by atoms with van der Waals surface area (Å²) in [6.07, 6.45) is 8.29. The van der Waals surface area contributed by atoms with Crippen LogP contribution in [0.25, 0.3) is 60.4 Å². The van der Waals surface area contributed by atoms with Gasteiger partial charge in [0.2, 0.25) is 0 Å². The van der Waals surface area contributed by atoms with Crippen LogP contribution in [-0.4, -0.2) is 9.13 Å². The van der Waals surface area contributed by atoms with Crippen LogP contribution in [0.1, 0.15) is 25.3 Å². The van der Waals surface area contributed by atoms with Crippen LogP contribution in [0.2, 0.25) is 0 Å². The molecule has 11 aromatic rings. The highest BCUT2D eigenvalue weighted by molar-refractivity contribution is 6.11. The number of benzene rings is 9. The van der Waals surface area contributed by atoms with Gasteiger partial charge in [0.15, 0.2) is 0 Å². The molecule has 2 aromatic heterocycles. The second-order valence-corrected chi connectivity index (χ2v) is 16.8. The summed E-state index contributed by atoms with van der Waals surface area (Å²) < 4.78 is 4.96. The van der Waals surface area contributed by atoms with Crippen LogP contribution in [0.15, 0.2) is 237 Å². The molecule has 1 atom stereocenters. The van der Waals surface area contributed by atoms with Crippen LogP contribution in [0, 0.1) is 0 Å². The predicted molar refractivity (Wildman–Crippen MR) is 271 cm³/mol. The van der Waals surface area contributed by atoms with Gasteiger partial charge in [-0.1, -0.05) is 140 Å². The van der Waals surface area contributed by atoms with Crippen molar-refractivity contribution in [1.29, 1.82) is 0 Å². The fraction of sp³-hybridized carbons (Fsp3) is 0.0667. The summed E-state index contributed by atoms with van der Waals surface area (Å²) in [5.74, 6) is 0. The average Bonchev–Trinajstić information content (AvgIpc) is 3.88. The molecule has 0 spiro atoms. The van der Waals surface area contributed by atoms with E-state index in [1.807, 2.05) is 0 Å². The van der Waals surface area contributed by atoms with E-state index in [-0.39, 0.29) is 0 Å². The summed E-state index contributed by atoms with van der Waals surface area (Å²) in [7, 11) is 0. The SMILES string of the molecule is C1=CC(n2c3ccccc3c3ccc(N(c4ccccc4)c4ccc(-c5ccc(N(c6ccccc6)c6ccc7c8ccccc8n(-c8ccccc8)c7c6)cc5)cc4)cc32)CCC1. The molecule has 1 aliphatic rings. The van der Waals surface area contributed by atoms with Crippen LogP contribution in [0.4, 0.5) is 34.1 Å². The Balaban J connectivity index is 0.908. The zero-order chi connectivity index (χ0) is 42.4. The van der Waals surface area contributed by atoms with E-state index in [9.17, 15) is 0 Å². The fourth-order valence-electron chi connectivity index (χ4n) is 10.1. The molecule has 0 saturated carbocycles. The van der Waals surface area contributed by atoms with E-state index in [1.165, 1.54) is 61.2 Å². The van der Waals surface area contributed by atoms with Crippen LogP contribution >= 0.6 is 0 Å². The third kappa shape index (κ3) is 6.54. The normalized spacial score (nSPS) is 13.8. The molecule has 306 valence electrons. The predicted octanol–water partition coefficient (Wildman–Crippen LogP) is 16.8. The molecule has 4 nitrogen and oxygen atoms in total. The largest absolute Gasteiger partial charge is 0.333 e. The summed E-state index contributed by atoms with van der Waals surface area (Å²) in [5.41, 5.74) is 15.1. The molecule has 0 amide bonds. The highest BCUT2D eigenvalue weighted by atomic mass is 15.2. The zero-order valence-electron chi connectivity index (χ0n) is 35.5. The molecule has 0 aliphatic heterocycles. The van der Waals surface area contributed by atoms with Gasteiger partial charge in [-0.25, -0.2) is 0 Å². The monoisotopic (exact) mass is 822 g/mol. The van der Waals surface area contributed by atoms with Crippen molar-refractivity contribution in [2.45, 2.75) is 25.3 Å². The van der Waals surface area contributed by atoms with E-state index in [0.29, 0.717) is 6.04 Å². The molecule has 1 unspecified atom stereocenters. The number of aromatic nitrogens is 2. The molecule has 0 bridgehead atoms. The van der Waals surface area contributed by atoms with Gasteiger partial charge in [0, 0.05) is 66.9 Å². The highest BCUT2D eigenvalue weighted by Crippen LogP contribution is 2.43. The van der Waals surface area contributed by atoms with Gasteiger partial charge < -0.3 is 18.9 Å². The minimum atomic E-state index is 0.346. The minimum Gasteiger partial charge on any atom is -0.333 e. The number of anilines is 6. The van der Waals surface area contributed by atoms with E-state index in [0.717, 1.165) is 52.7 Å². The first kappa shape index (κ1) is 37.7. The van der Waals surface area contributed by atoms with Crippen molar-refractivity contribution in [2.24, 2.45) is 0 Å². The maximum Gasteiger partial charge on any atom is 0.0561 e. The third-order valence-electron chi connectivity index (χ3n) is 13.1. The van der Waals surface area contributed by atoms with Crippen molar-refractivity contribution < 1.29 is 0 Å². The number of nitrogens with zero attached hydrogens (tertiary/aromatic N) is 4. The zero-order valence-corrected chi connectivity index (χ0v) is 35.5. The molecule has 9 aromatic carbocycles. The molecule has 64 heavy (non-hydrogen) atoms. The van der Waals surface area contributed by atoms with Gasteiger partial charge in [-0.3, -0.25) is 0 Å². The Hall–Kier alpha value is -8.08. The third-order valence-corrected chi connectivity index (χ3v) is 13.1. The standard InChI is InChI=1S/C60H46N4/c1-5-17-45(18-6-1)61(51-37-39-55-53-25-13-15-27-57(53)63(59(55)41-51)47-21-9-3-10-22-47)49-33-29-43(30-34-49)44-31-35-50(36-32-44)62(46-19-7-2-8-20-46)52-38-40-56-54-26-14-16-28-58(54)64(60(56)42-52)48-23-11-4-12-24-48/h1-3,5-11,13-23,25-42,48H,4,12,24H2. The number of hydrogen-bond donors (Lipinski definition) is 0. The average molecular weight is 823 g/mol. The number of fused-ring (bicyclic) bond motifs is 6. The van der Waals surface area contributed by atoms with Gasteiger partial charge in [-0.2, -0.15) is 0 Å². The molecule has 0 fully saturated rings. The topological polar surface area (TPSA) is 16.3 Å². The van der Waals surface area contributed by atoms with Gasteiger partial charge >= 0.3 is 0 Å². The first-order valence-corrected chi connectivity index (χ1v) is 22.5. The Labute approximate surface area is 373 Å². The summed E-state index contributed by atoms with van der Waals surface area (Å²) in [4.78, 5) is 4.74. The minimum absolute atomic E-state index is 0.346. The van der Waals surface area contributed by atoms with Crippen molar-refractivity contribution in [2.75, 3.05) is 9.80 Å². The molecule has 1 aliphatic carbocycles. The van der Waals surface area contributed by atoms with Crippen molar-refractivity contribution >= 4 is 77.7 Å². The van der Waals surface area contributed by atoms with E-state index in [4.69, 9.17) is 0 Å². The van der Waals surface area contributed by atoms with E-state index < -0.39 is 0 Å². The van der Waals surface area contributed by atoms with Crippen molar-refractivity contribution in [3.8, 4) is 16.8 Å². The summed E-state index contributed by atoms with van der Waals surface area (Å²) in [6, 6.07) is 82.0. The van der Waals surface area contributed by atoms with E-state index >= 15 is 0 Å². The number of rotatable bonds is 9. The van der Waals surface area contributed by atoms with E-state index in [1.54, 1.807) is 0 Å². The van der Waals surface area contributed by atoms with Crippen LogP contribution < -0.4 is 9.80 Å². The number of hydrogen-bond acceptors (Lipinski definition) is 2. The Bertz CT molecular complexity index is 3460. The Morgan fingerprint density at radius 1 is 0.359 bits per heavy atom. The van der Waals surface area contributed by atoms with Gasteiger partial charge in [-0.05, 0) is 127 Å². The number of para-hydroxylation sites is 5. The molecule has 0 N–H and O–H groups in total. The van der Waals surface area contributed by atoms with Crippen molar-refractivity contribution in [1.82, 2.24) is 9.13 Å². The highest BCUT2D eigenvalue weighted by Gasteiger charge is 2.22. The Morgan fingerprint density at radius 3 is 1.36 bits per heavy atom. The lowest BCUT2D eigenvalue weighted by molar-refractivity contribution is 0.542. The molecular formula is C60H46N4. The molecule has 12 rings (SSSR count). The Morgan fingerprint density at radius 2 is 0.797 bits per heavy atom.